The highest BCUT2D eigenvalue weighted by Gasteiger charge is 2.08. The molecule has 0 amide bonds. The van der Waals surface area contributed by atoms with E-state index >= 15 is 0 Å². The SMILES string of the molecule is CCCCC=CCCCCCCOC(C)(C)C. The van der Waals surface area contributed by atoms with Crippen LogP contribution in [0.15, 0.2) is 12.2 Å². The Balaban J connectivity index is 3.11. The highest BCUT2D eigenvalue weighted by Crippen LogP contribution is 2.10. The van der Waals surface area contributed by atoms with Gasteiger partial charge in [-0.2, -0.15) is 0 Å². The van der Waals surface area contributed by atoms with Gasteiger partial charge in [0, 0.05) is 6.61 Å². The van der Waals surface area contributed by atoms with Crippen molar-refractivity contribution in [1.29, 1.82) is 0 Å². The van der Waals surface area contributed by atoms with Gasteiger partial charge in [0.2, 0.25) is 0 Å². The molecule has 0 atom stereocenters. The van der Waals surface area contributed by atoms with E-state index in [9.17, 15) is 0 Å². The molecule has 0 radical (unpaired) electrons. The molecular weight excluding hydrogens is 208 g/mol. The molecule has 0 aliphatic heterocycles. The number of hydrogen-bond acceptors (Lipinski definition) is 1. The van der Waals surface area contributed by atoms with Gasteiger partial charge in [-0.3, -0.25) is 0 Å². The van der Waals surface area contributed by atoms with E-state index in [0.717, 1.165) is 6.61 Å². The van der Waals surface area contributed by atoms with Crippen LogP contribution >= 0.6 is 0 Å². The molecule has 0 rings (SSSR count). The third kappa shape index (κ3) is 15.7. The molecule has 0 fully saturated rings. The van der Waals surface area contributed by atoms with Crippen LogP contribution in [0.3, 0.4) is 0 Å². The maximum atomic E-state index is 5.69. The maximum Gasteiger partial charge on any atom is 0.0598 e. The van der Waals surface area contributed by atoms with E-state index in [-0.39, 0.29) is 5.60 Å². The number of unbranched alkanes of at least 4 members (excludes halogenated alkanes) is 6. The topological polar surface area (TPSA) is 9.23 Å². The summed E-state index contributed by atoms with van der Waals surface area (Å²) in [6.07, 6.45) is 15.0. The molecule has 0 heterocycles. The first-order chi connectivity index (χ1) is 8.06. The maximum absolute atomic E-state index is 5.69. The molecule has 0 unspecified atom stereocenters. The first-order valence-electron chi connectivity index (χ1n) is 7.35. The fourth-order valence-electron chi connectivity index (χ4n) is 1.65. The van der Waals surface area contributed by atoms with E-state index < -0.39 is 0 Å². The van der Waals surface area contributed by atoms with Gasteiger partial charge in [0.05, 0.1) is 5.60 Å². The summed E-state index contributed by atoms with van der Waals surface area (Å²) in [5.41, 5.74) is 0.0298. The predicted octanol–water partition coefficient (Wildman–Crippen LogP) is 5.50. The number of ether oxygens (including phenoxy) is 1. The van der Waals surface area contributed by atoms with Gasteiger partial charge in [0.1, 0.15) is 0 Å². The highest BCUT2D eigenvalue weighted by atomic mass is 16.5. The fourth-order valence-corrected chi connectivity index (χ4v) is 1.65. The first kappa shape index (κ1) is 16.7. The molecule has 0 saturated heterocycles. The minimum atomic E-state index is 0.0298. The van der Waals surface area contributed by atoms with Crippen LogP contribution in [-0.4, -0.2) is 12.2 Å². The summed E-state index contributed by atoms with van der Waals surface area (Å²) < 4.78 is 5.69. The van der Waals surface area contributed by atoms with Crippen molar-refractivity contribution in [3.05, 3.63) is 12.2 Å². The van der Waals surface area contributed by atoms with Crippen molar-refractivity contribution in [3.63, 3.8) is 0 Å². The average molecular weight is 240 g/mol. The van der Waals surface area contributed by atoms with Crippen LogP contribution in [0.1, 0.15) is 79.1 Å². The van der Waals surface area contributed by atoms with Crippen molar-refractivity contribution in [2.24, 2.45) is 0 Å². The molecule has 0 aliphatic carbocycles. The summed E-state index contributed by atoms with van der Waals surface area (Å²) in [5, 5.41) is 0. The summed E-state index contributed by atoms with van der Waals surface area (Å²) >= 11 is 0. The zero-order chi connectivity index (χ0) is 13.0. The van der Waals surface area contributed by atoms with Crippen LogP contribution in [0.4, 0.5) is 0 Å². The monoisotopic (exact) mass is 240 g/mol. The van der Waals surface area contributed by atoms with E-state index in [0.29, 0.717) is 0 Å². The lowest BCUT2D eigenvalue weighted by Gasteiger charge is -2.19. The van der Waals surface area contributed by atoms with Gasteiger partial charge < -0.3 is 4.74 Å². The van der Waals surface area contributed by atoms with Crippen LogP contribution < -0.4 is 0 Å². The van der Waals surface area contributed by atoms with Gasteiger partial charge in [-0.15, -0.1) is 0 Å². The van der Waals surface area contributed by atoms with Gasteiger partial charge in [-0.25, -0.2) is 0 Å². The van der Waals surface area contributed by atoms with E-state index in [4.69, 9.17) is 4.74 Å². The second kappa shape index (κ2) is 10.8. The Labute approximate surface area is 109 Å². The molecule has 0 bridgehead atoms. The van der Waals surface area contributed by atoms with Crippen LogP contribution in [0.25, 0.3) is 0 Å². The highest BCUT2D eigenvalue weighted by molar-refractivity contribution is 4.81. The molecular formula is C16H32O. The standard InChI is InChI=1S/C16H32O/c1-5-6-7-8-9-10-11-12-13-14-15-17-16(2,3)4/h8-9H,5-7,10-15H2,1-4H3. The van der Waals surface area contributed by atoms with E-state index in [2.05, 4.69) is 39.8 Å². The summed E-state index contributed by atoms with van der Waals surface area (Å²) in [4.78, 5) is 0. The number of rotatable bonds is 10. The van der Waals surface area contributed by atoms with Gasteiger partial charge >= 0.3 is 0 Å². The van der Waals surface area contributed by atoms with Crippen LogP contribution in [-0.2, 0) is 4.74 Å². The second-order valence-electron chi connectivity index (χ2n) is 5.78. The molecule has 17 heavy (non-hydrogen) atoms. The Kier molecular flexibility index (Phi) is 10.6. The summed E-state index contributed by atoms with van der Waals surface area (Å²) in [6, 6.07) is 0. The third-order valence-corrected chi connectivity index (χ3v) is 2.69. The van der Waals surface area contributed by atoms with E-state index in [1.54, 1.807) is 0 Å². The van der Waals surface area contributed by atoms with Crippen molar-refractivity contribution < 1.29 is 4.74 Å². The normalized spacial score (nSPS) is 12.5. The summed E-state index contributed by atoms with van der Waals surface area (Å²) in [5.74, 6) is 0. The van der Waals surface area contributed by atoms with Gasteiger partial charge in [-0.05, 0) is 46.5 Å². The van der Waals surface area contributed by atoms with Gasteiger partial charge in [0.25, 0.3) is 0 Å². The van der Waals surface area contributed by atoms with Crippen molar-refractivity contribution in [2.45, 2.75) is 84.7 Å². The Hall–Kier alpha value is -0.300. The first-order valence-corrected chi connectivity index (χ1v) is 7.35. The Morgan fingerprint density at radius 2 is 1.41 bits per heavy atom. The zero-order valence-corrected chi connectivity index (χ0v) is 12.4. The molecule has 0 aromatic heterocycles. The number of hydrogen-bond donors (Lipinski definition) is 0. The zero-order valence-electron chi connectivity index (χ0n) is 12.4. The number of allylic oxidation sites excluding steroid dienone is 2. The molecule has 0 aromatic rings. The van der Waals surface area contributed by atoms with E-state index in [1.165, 1.54) is 51.4 Å². The van der Waals surface area contributed by atoms with Crippen LogP contribution in [0.5, 0.6) is 0 Å². The third-order valence-electron chi connectivity index (χ3n) is 2.69. The molecule has 1 nitrogen and oxygen atoms in total. The predicted molar refractivity (Wildman–Crippen MR) is 77.5 cm³/mol. The largest absolute Gasteiger partial charge is 0.376 e. The summed E-state index contributed by atoms with van der Waals surface area (Å²) in [6.45, 7) is 9.51. The van der Waals surface area contributed by atoms with Crippen molar-refractivity contribution in [1.82, 2.24) is 0 Å². The Bertz CT molecular complexity index is 176. The van der Waals surface area contributed by atoms with Crippen LogP contribution in [0.2, 0.25) is 0 Å². The molecule has 102 valence electrons. The average Bonchev–Trinajstić information content (AvgIpc) is 2.24. The quantitative estimate of drug-likeness (QED) is 0.362. The fraction of sp³-hybridized carbons (Fsp3) is 0.875. The lowest BCUT2D eigenvalue weighted by Crippen LogP contribution is -2.19. The molecule has 0 aliphatic rings. The van der Waals surface area contributed by atoms with Crippen molar-refractivity contribution in [3.8, 4) is 0 Å². The summed E-state index contributed by atoms with van der Waals surface area (Å²) in [7, 11) is 0. The lowest BCUT2D eigenvalue weighted by atomic mass is 10.1. The van der Waals surface area contributed by atoms with Gasteiger partial charge in [-0.1, -0.05) is 44.8 Å². The second-order valence-corrected chi connectivity index (χ2v) is 5.78. The lowest BCUT2D eigenvalue weighted by molar-refractivity contribution is -0.00473. The molecule has 1 heteroatoms. The minimum absolute atomic E-state index is 0.0298. The van der Waals surface area contributed by atoms with Crippen molar-refractivity contribution >= 4 is 0 Å². The smallest absolute Gasteiger partial charge is 0.0598 e. The molecule has 0 saturated carbocycles. The Morgan fingerprint density at radius 1 is 0.824 bits per heavy atom. The minimum Gasteiger partial charge on any atom is -0.376 e. The Morgan fingerprint density at radius 3 is 2.00 bits per heavy atom. The van der Waals surface area contributed by atoms with Gasteiger partial charge in [0.15, 0.2) is 0 Å². The van der Waals surface area contributed by atoms with Crippen molar-refractivity contribution in [2.75, 3.05) is 6.61 Å². The molecule has 0 N–H and O–H groups in total. The molecule has 0 spiro atoms. The van der Waals surface area contributed by atoms with E-state index in [1.807, 2.05) is 0 Å². The van der Waals surface area contributed by atoms with Crippen LogP contribution in [0, 0.1) is 0 Å². The molecule has 0 aromatic carbocycles.